The van der Waals surface area contributed by atoms with Crippen LogP contribution in [-0.2, 0) is 9.47 Å². The van der Waals surface area contributed by atoms with Gasteiger partial charge < -0.3 is 9.47 Å². The third-order valence-corrected chi connectivity index (χ3v) is 1.94. The van der Waals surface area contributed by atoms with Crippen molar-refractivity contribution in [3.8, 4) is 0 Å². The zero-order chi connectivity index (χ0) is 6.27. The first-order valence-electron chi connectivity index (χ1n) is 3.31. The van der Waals surface area contributed by atoms with Crippen LogP contribution in [0.25, 0.3) is 0 Å². The molecule has 0 bridgehead atoms. The van der Waals surface area contributed by atoms with Gasteiger partial charge in [0.2, 0.25) is 0 Å². The normalized spacial score (nSPS) is 47.0. The van der Waals surface area contributed by atoms with E-state index in [1.807, 2.05) is 6.08 Å². The predicted molar refractivity (Wildman–Crippen MR) is 32.9 cm³/mol. The molecule has 0 saturated carbocycles. The molecular formula is C7H10O2. The maximum atomic E-state index is 5.38. The first-order chi connectivity index (χ1) is 4.38. The van der Waals surface area contributed by atoms with Crippen molar-refractivity contribution >= 4 is 0 Å². The van der Waals surface area contributed by atoms with E-state index in [0.717, 1.165) is 6.61 Å². The minimum absolute atomic E-state index is 0.250. The summed E-state index contributed by atoms with van der Waals surface area (Å²) in [4.78, 5) is 0. The lowest BCUT2D eigenvalue weighted by Crippen LogP contribution is -2.20. The zero-order valence-electron chi connectivity index (χ0n) is 5.41. The van der Waals surface area contributed by atoms with E-state index in [0.29, 0.717) is 12.0 Å². The number of fused-ring (bicyclic) bond motifs is 1. The zero-order valence-corrected chi connectivity index (χ0v) is 5.41. The molecule has 9 heavy (non-hydrogen) atoms. The molecule has 0 aromatic heterocycles. The minimum atomic E-state index is 0.250. The van der Waals surface area contributed by atoms with E-state index in [-0.39, 0.29) is 6.10 Å². The van der Waals surface area contributed by atoms with Gasteiger partial charge in [0, 0.05) is 5.92 Å². The molecule has 2 aliphatic heterocycles. The fourth-order valence-corrected chi connectivity index (χ4v) is 1.37. The Labute approximate surface area is 54.5 Å². The highest BCUT2D eigenvalue weighted by Gasteiger charge is 2.36. The smallest absolute Gasteiger partial charge is 0.132 e. The second kappa shape index (κ2) is 1.74. The van der Waals surface area contributed by atoms with Gasteiger partial charge in [0.15, 0.2) is 0 Å². The highest BCUT2D eigenvalue weighted by Crippen LogP contribution is 2.27. The van der Waals surface area contributed by atoms with Crippen molar-refractivity contribution in [3.63, 3.8) is 0 Å². The molecule has 3 atom stereocenters. The molecule has 0 aliphatic carbocycles. The van der Waals surface area contributed by atoms with Crippen LogP contribution in [-0.4, -0.2) is 18.8 Å². The number of rotatable bonds is 0. The van der Waals surface area contributed by atoms with E-state index >= 15 is 0 Å². The van der Waals surface area contributed by atoms with Gasteiger partial charge in [-0.1, -0.05) is 6.92 Å². The monoisotopic (exact) mass is 126 g/mol. The van der Waals surface area contributed by atoms with Crippen molar-refractivity contribution in [1.82, 2.24) is 0 Å². The SMILES string of the molecule is C[C@@H]1COC2C=COC21. The molecule has 2 aliphatic rings. The van der Waals surface area contributed by atoms with Crippen LogP contribution in [0.1, 0.15) is 6.92 Å². The molecule has 2 rings (SSSR count). The third-order valence-electron chi connectivity index (χ3n) is 1.94. The first-order valence-corrected chi connectivity index (χ1v) is 3.31. The van der Waals surface area contributed by atoms with Gasteiger partial charge in [0.25, 0.3) is 0 Å². The van der Waals surface area contributed by atoms with Crippen molar-refractivity contribution in [2.75, 3.05) is 6.61 Å². The average Bonchev–Trinajstić information content (AvgIpc) is 2.35. The van der Waals surface area contributed by atoms with E-state index in [9.17, 15) is 0 Å². The molecule has 2 nitrogen and oxygen atoms in total. The summed E-state index contributed by atoms with van der Waals surface area (Å²) in [6.07, 6.45) is 4.28. The Kier molecular flexibility index (Phi) is 1.02. The molecule has 2 heteroatoms. The summed E-state index contributed by atoms with van der Waals surface area (Å²) in [6, 6.07) is 0. The summed E-state index contributed by atoms with van der Waals surface area (Å²) in [6.45, 7) is 3.00. The predicted octanol–water partition coefficient (Wildman–Crippen LogP) is 0.934. The van der Waals surface area contributed by atoms with E-state index in [1.165, 1.54) is 0 Å². The maximum Gasteiger partial charge on any atom is 0.132 e. The van der Waals surface area contributed by atoms with Gasteiger partial charge >= 0.3 is 0 Å². The van der Waals surface area contributed by atoms with Gasteiger partial charge in [-0.2, -0.15) is 0 Å². The van der Waals surface area contributed by atoms with Crippen LogP contribution in [0.3, 0.4) is 0 Å². The molecule has 0 aromatic rings. The Balaban J connectivity index is 2.13. The number of hydrogen-bond donors (Lipinski definition) is 0. The van der Waals surface area contributed by atoms with Crippen LogP contribution >= 0.6 is 0 Å². The Hall–Kier alpha value is -0.500. The van der Waals surface area contributed by atoms with Crippen LogP contribution in [0.4, 0.5) is 0 Å². The van der Waals surface area contributed by atoms with Crippen molar-refractivity contribution in [2.24, 2.45) is 5.92 Å². The summed E-state index contributed by atoms with van der Waals surface area (Å²) in [7, 11) is 0. The summed E-state index contributed by atoms with van der Waals surface area (Å²) in [5, 5.41) is 0. The number of hydrogen-bond acceptors (Lipinski definition) is 2. The van der Waals surface area contributed by atoms with E-state index < -0.39 is 0 Å². The lowest BCUT2D eigenvalue weighted by Gasteiger charge is -2.10. The standard InChI is InChI=1S/C7H10O2/c1-5-4-9-6-2-3-8-7(5)6/h2-3,5-7H,4H2,1H3/t5-,6?,7?/m1/s1. The number of ether oxygens (including phenoxy) is 2. The van der Waals surface area contributed by atoms with Crippen molar-refractivity contribution in [2.45, 2.75) is 19.1 Å². The molecule has 0 aromatic carbocycles. The molecule has 2 unspecified atom stereocenters. The topological polar surface area (TPSA) is 18.5 Å². The lowest BCUT2D eigenvalue weighted by molar-refractivity contribution is 0.0864. The van der Waals surface area contributed by atoms with Gasteiger partial charge in [-0.05, 0) is 6.08 Å². The fraction of sp³-hybridized carbons (Fsp3) is 0.714. The van der Waals surface area contributed by atoms with Gasteiger partial charge in [0.05, 0.1) is 12.9 Å². The van der Waals surface area contributed by atoms with E-state index in [1.54, 1.807) is 6.26 Å². The molecule has 0 N–H and O–H groups in total. The van der Waals surface area contributed by atoms with Gasteiger partial charge in [-0.15, -0.1) is 0 Å². The Bertz CT molecular complexity index is 142. The second-order valence-corrected chi connectivity index (χ2v) is 2.70. The van der Waals surface area contributed by atoms with Crippen LogP contribution in [0, 0.1) is 5.92 Å². The second-order valence-electron chi connectivity index (χ2n) is 2.70. The van der Waals surface area contributed by atoms with Crippen LogP contribution < -0.4 is 0 Å². The maximum absolute atomic E-state index is 5.38. The van der Waals surface area contributed by atoms with Crippen LogP contribution in [0.15, 0.2) is 12.3 Å². The highest BCUT2D eigenvalue weighted by molar-refractivity contribution is 5.02. The van der Waals surface area contributed by atoms with Crippen LogP contribution in [0.5, 0.6) is 0 Å². The van der Waals surface area contributed by atoms with E-state index in [4.69, 9.17) is 9.47 Å². The summed E-state index contributed by atoms with van der Waals surface area (Å²) < 4.78 is 10.7. The summed E-state index contributed by atoms with van der Waals surface area (Å²) >= 11 is 0. The fourth-order valence-electron chi connectivity index (χ4n) is 1.37. The Morgan fingerprint density at radius 1 is 1.56 bits per heavy atom. The van der Waals surface area contributed by atoms with Gasteiger partial charge in [-0.25, -0.2) is 0 Å². The van der Waals surface area contributed by atoms with Gasteiger partial charge in [-0.3, -0.25) is 0 Å². The molecule has 1 fully saturated rings. The van der Waals surface area contributed by atoms with Crippen molar-refractivity contribution in [1.29, 1.82) is 0 Å². The average molecular weight is 126 g/mol. The molecular weight excluding hydrogens is 116 g/mol. The first kappa shape index (κ1) is 5.30. The quantitative estimate of drug-likeness (QED) is 0.480. The van der Waals surface area contributed by atoms with E-state index in [2.05, 4.69) is 6.92 Å². The molecule has 0 amide bonds. The largest absolute Gasteiger partial charge is 0.495 e. The molecule has 50 valence electrons. The lowest BCUT2D eigenvalue weighted by atomic mass is 10.1. The minimum Gasteiger partial charge on any atom is -0.495 e. The third kappa shape index (κ3) is 0.663. The summed E-state index contributed by atoms with van der Waals surface area (Å²) in [5.74, 6) is 0.560. The highest BCUT2D eigenvalue weighted by atomic mass is 16.6. The molecule has 0 radical (unpaired) electrons. The Morgan fingerprint density at radius 3 is 3.22 bits per heavy atom. The van der Waals surface area contributed by atoms with Crippen molar-refractivity contribution < 1.29 is 9.47 Å². The molecule has 1 saturated heterocycles. The Morgan fingerprint density at radius 2 is 2.44 bits per heavy atom. The van der Waals surface area contributed by atoms with Crippen molar-refractivity contribution in [3.05, 3.63) is 12.3 Å². The summed E-state index contributed by atoms with van der Waals surface area (Å²) in [5.41, 5.74) is 0. The molecule has 2 heterocycles. The van der Waals surface area contributed by atoms with Crippen LogP contribution in [0.2, 0.25) is 0 Å². The molecule has 0 spiro atoms. The van der Waals surface area contributed by atoms with Gasteiger partial charge in [0.1, 0.15) is 12.2 Å².